The van der Waals surface area contributed by atoms with Crippen LogP contribution in [0.5, 0.6) is 0 Å². The number of carbonyl (C=O) groups excluding carboxylic acids is 7. The van der Waals surface area contributed by atoms with E-state index in [-0.39, 0.29) is 38.2 Å². The highest BCUT2D eigenvalue weighted by atomic mass is 16.6. The number of hydrogen-bond acceptors (Lipinski definition) is 12. The van der Waals surface area contributed by atoms with Gasteiger partial charge in [0.1, 0.15) is 18.7 Å². The molecule has 6 N–H and O–H groups in total. The smallest absolute Gasteiger partial charge is 0.415 e. The third-order valence-electron chi connectivity index (χ3n) is 7.22. The van der Waals surface area contributed by atoms with Crippen LogP contribution < -0.4 is 27.0 Å². The molecule has 288 valence electrons. The van der Waals surface area contributed by atoms with Crippen LogP contribution in [0.4, 0.5) is 9.59 Å². The van der Waals surface area contributed by atoms with Crippen molar-refractivity contribution in [2.45, 2.75) is 116 Å². The number of nitrogens with two attached hydrogens (primary N) is 1. The summed E-state index contributed by atoms with van der Waals surface area (Å²) in [6, 6.07) is 6.99. The quantitative estimate of drug-likeness (QED) is 0.0533. The van der Waals surface area contributed by atoms with Crippen molar-refractivity contribution in [1.82, 2.24) is 21.3 Å². The number of rotatable bonds is 21. The molecular weight excluding hydrogens is 666 g/mol. The first-order valence-corrected chi connectivity index (χ1v) is 17.4. The van der Waals surface area contributed by atoms with Crippen molar-refractivity contribution in [3.63, 3.8) is 0 Å². The molecule has 1 aliphatic heterocycles. The third kappa shape index (κ3) is 22.6. The topological polar surface area (TPSA) is 231 Å². The molecule has 0 aliphatic carbocycles. The predicted octanol–water partition coefficient (Wildman–Crippen LogP) is 3.15. The minimum atomic E-state index is -0.926. The van der Waals surface area contributed by atoms with Gasteiger partial charge in [-0.15, -0.1) is 0 Å². The average molecular weight is 724 g/mol. The van der Waals surface area contributed by atoms with Crippen LogP contribution in [-0.4, -0.2) is 87.3 Å². The van der Waals surface area contributed by atoms with Crippen molar-refractivity contribution < 1.29 is 52.5 Å². The van der Waals surface area contributed by atoms with Gasteiger partial charge in [0.2, 0.25) is 11.8 Å². The van der Waals surface area contributed by atoms with Gasteiger partial charge in [0.15, 0.2) is 0 Å². The molecule has 1 fully saturated rings. The van der Waals surface area contributed by atoms with E-state index in [9.17, 15) is 33.6 Å². The van der Waals surface area contributed by atoms with Gasteiger partial charge in [-0.3, -0.25) is 19.2 Å². The van der Waals surface area contributed by atoms with Gasteiger partial charge in [-0.25, -0.2) is 14.4 Å². The molecule has 1 aromatic rings. The fraction of sp³-hybridized carbons (Fsp3) is 0.629. The van der Waals surface area contributed by atoms with E-state index in [1.165, 1.54) is 14.2 Å². The molecule has 0 saturated carbocycles. The van der Waals surface area contributed by atoms with Gasteiger partial charge in [-0.2, -0.15) is 0 Å². The molecule has 3 unspecified atom stereocenters. The van der Waals surface area contributed by atoms with Crippen molar-refractivity contribution in [3.8, 4) is 0 Å². The van der Waals surface area contributed by atoms with Crippen molar-refractivity contribution in [3.05, 3.63) is 35.9 Å². The van der Waals surface area contributed by atoms with Gasteiger partial charge in [-0.1, -0.05) is 70.4 Å². The van der Waals surface area contributed by atoms with Crippen LogP contribution >= 0.6 is 0 Å². The Kier molecular flexibility index (Phi) is 26.3. The number of methoxy groups -OCH3 is 2. The predicted molar refractivity (Wildman–Crippen MR) is 188 cm³/mol. The first-order chi connectivity index (χ1) is 24.5. The van der Waals surface area contributed by atoms with E-state index in [1.807, 2.05) is 44.2 Å². The molecule has 1 saturated heterocycles. The lowest BCUT2D eigenvalue weighted by Crippen LogP contribution is -2.51. The summed E-state index contributed by atoms with van der Waals surface area (Å²) in [4.78, 5) is 80.4. The zero-order valence-corrected chi connectivity index (χ0v) is 30.6. The fourth-order valence-corrected chi connectivity index (χ4v) is 4.33. The van der Waals surface area contributed by atoms with Crippen molar-refractivity contribution in [2.75, 3.05) is 27.3 Å². The van der Waals surface area contributed by atoms with E-state index >= 15 is 0 Å². The van der Waals surface area contributed by atoms with Crippen LogP contribution in [0, 0.1) is 0 Å². The molecule has 3 atom stereocenters. The number of unbranched alkanes of at least 4 members (excludes halogenated alkanes) is 4. The van der Waals surface area contributed by atoms with E-state index in [0.29, 0.717) is 32.4 Å². The number of amides is 4. The Balaban J connectivity index is 0.00000138. The lowest BCUT2D eigenvalue weighted by Gasteiger charge is -2.21. The summed E-state index contributed by atoms with van der Waals surface area (Å²) in [5.41, 5.74) is 6.79. The summed E-state index contributed by atoms with van der Waals surface area (Å²) in [5, 5.41) is 10.5. The SMILES string of the molecule is CC.CCCCCCNC(=O)C(CCCCNC(=O)OCc1ccccc1)NC(=O)C(N)CCC(=O)OC.COC(=O)CCC1NC(=O)OC1=O. The average Bonchev–Trinajstić information content (AvgIpc) is 3.48. The summed E-state index contributed by atoms with van der Waals surface area (Å²) in [7, 11) is 2.53. The molecule has 1 aliphatic rings. The van der Waals surface area contributed by atoms with Gasteiger partial charge >= 0.3 is 30.1 Å². The number of alkyl carbamates (subject to hydrolysis) is 2. The highest BCUT2D eigenvalue weighted by molar-refractivity contribution is 5.95. The van der Waals surface area contributed by atoms with Crippen LogP contribution in [0.2, 0.25) is 0 Å². The molecule has 1 heterocycles. The summed E-state index contributed by atoms with van der Waals surface area (Å²) in [5.74, 6) is -2.28. The van der Waals surface area contributed by atoms with Crippen molar-refractivity contribution in [2.24, 2.45) is 5.73 Å². The summed E-state index contributed by atoms with van der Waals surface area (Å²) in [6.07, 6.45) is 4.83. The zero-order chi connectivity index (χ0) is 38.4. The second-order valence-corrected chi connectivity index (χ2v) is 11.1. The molecule has 0 aromatic heterocycles. The van der Waals surface area contributed by atoms with Crippen molar-refractivity contribution >= 4 is 41.9 Å². The van der Waals surface area contributed by atoms with E-state index in [2.05, 4.69) is 42.4 Å². The Morgan fingerprint density at radius 1 is 0.843 bits per heavy atom. The highest BCUT2D eigenvalue weighted by Gasteiger charge is 2.32. The minimum Gasteiger partial charge on any atom is -0.469 e. The second-order valence-electron chi connectivity index (χ2n) is 11.1. The van der Waals surface area contributed by atoms with E-state index < -0.39 is 54.1 Å². The van der Waals surface area contributed by atoms with Gasteiger partial charge < -0.3 is 45.9 Å². The maximum Gasteiger partial charge on any atom is 0.415 e. The van der Waals surface area contributed by atoms with E-state index in [0.717, 1.165) is 31.2 Å². The van der Waals surface area contributed by atoms with Crippen LogP contribution in [-0.2, 0) is 49.5 Å². The number of carbonyl (C=O) groups is 7. The van der Waals surface area contributed by atoms with Crippen LogP contribution in [0.25, 0.3) is 0 Å². The molecule has 51 heavy (non-hydrogen) atoms. The number of esters is 3. The Labute approximate surface area is 300 Å². The van der Waals surface area contributed by atoms with Crippen LogP contribution in [0.1, 0.15) is 97.0 Å². The van der Waals surface area contributed by atoms with Crippen molar-refractivity contribution in [1.29, 1.82) is 0 Å². The first-order valence-electron chi connectivity index (χ1n) is 17.4. The normalized spacial score (nSPS) is 14.0. The van der Waals surface area contributed by atoms with E-state index in [4.69, 9.17) is 10.5 Å². The summed E-state index contributed by atoms with van der Waals surface area (Å²) < 4.78 is 18.3. The number of benzene rings is 1. The molecule has 1 aromatic carbocycles. The molecule has 0 bridgehead atoms. The molecule has 16 heteroatoms. The molecular formula is C35H57N5O11. The fourth-order valence-electron chi connectivity index (χ4n) is 4.33. The number of ether oxygens (including phenoxy) is 4. The lowest BCUT2D eigenvalue weighted by molar-refractivity contribution is -0.142. The Bertz CT molecular complexity index is 1200. The Morgan fingerprint density at radius 2 is 1.47 bits per heavy atom. The number of cyclic esters (lactones) is 2. The molecule has 2 rings (SSSR count). The largest absolute Gasteiger partial charge is 0.469 e. The summed E-state index contributed by atoms with van der Waals surface area (Å²) >= 11 is 0. The number of hydrogen-bond donors (Lipinski definition) is 5. The second kappa shape index (κ2) is 29.0. The molecule has 0 spiro atoms. The van der Waals surface area contributed by atoms with Gasteiger partial charge in [-0.05, 0) is 44.1 Å². The van der Waals surface area contributed by atoms with Crippen LogP contribution in [0.15, 0.2) is 30.3 Å². The Hall–Kier alpha value is -4.73. The lowest BCUT2D eigenvalue weighted by atomic mass is 10.1. The summed E-state index contributed by atoms with van der Waals surface area (Å²) in [6.45, 7) is 7.22. The maximum absolute atomic E-state index is 12.7. The zero-order valence-electron chi connectivity index (χ0n) is 30.6. The van der Waals surface area contributed by atoms with Gasteiger partial charge in [0, 0.05) is 25.9 Å². The minimum absolute atomic E-state index is 0.0193. The first kappa shape index (κ1) is 46.3. The van der Waals surface area contributed by atoms with Gasteiger partial charge in [0.25, 0.3) is 0 Å². The monoisotopic (exact) mass is 723 g/mol. The third-order valence-corrected chi connectivity index (χ3v) is 7.22. The Morgan fingerprint density at radius 3 is 2.08 bits per heavy atom. The molecule has 4 amide bonds. The number of nitrogens with one attached hydrogen (secondary N) is 4. The highest BCUT2D eigenvalue weighted by Crippen LogP contribution is 2.08. The van der Waals surface area contributed by atoms with Crippen LogP contribution in [0.3, 0.4) is 0 Å². The van der Waals surface area contributed by atoms with E-state index in [1.54, 1.807) is 0 Å². The standard InChI is InChI=1S/C26H42N4O6.C7H9NO5.C2H6/c1-3-4-5-10-17-28-25(33)22(30-24(32)21(27)15-16-23(31)35-2)14-9-11-18-29-26(34)36-19-20-12-7-6-8-13-20;1-12-5(9)3-2-4-6(10)13-7(11)8-4;1-2/h6-8,12-13,21-22H,3-5,9-11,14-19,27H2,1-2H3,(H,28,33)(H,29,34)(H,30,32);4H,2-3H2,1H3,(H,8,11);1-2H3. The maximum atomic E-state index is 12.7. The molecule has 16 nitrogen and oxygen atoms in total. The van der Waals surface area contributed by atoms with Gasteiger partial charge in [0.05, 0.1) is 20.3 Å². The molecule has 0 radical (unpaired) electrons.